The molecule has 1 aliphatic carbocycles. The van der Waals surface area contributed by atoms with Crippen molar-refractivity contribution >= 4 is 35.0 Å². The van der Waals surface area contributed by atoms with Gasteiger partial charge in [0.05, 0.1) is 16.5 Å². The van der Waals surface area contributed by atoms with Crippen LogP contribution in [0.2, 0.25) is 0 Å². The van der Waals surface area contributed by atoms with Crippen molar-refractivity contribution in [3.8, 4) is 0 Å². The van der Waals surface area contributed by atoms with Gasteiger partial charge in [-0.25, -0.2) is 0 Å². The second-order valence-electron chi connectivity index (χ2n) is 2.88. The third-order valence-corrected chi connectivity index (χ3v) is 2.18. The van der Waals surface area contributed by atoms with Crippen molar-refractivity contribution < 1.29 is 19.8 Å². The monoisotopic (exact) mass is 236 g/mol. The minimum atomic E-state index is -1.78. The van der Waals surface area contributed by atoms with E-state index in [-0.39, 0.29) is 10.1 Å². The Labute approximate surface area is 89.4 Å². The molecule has 0 saturated heterocycles. The third-order valence-electron chi connectivity index (χ3n) is 1.62. The lowest BCUT2D eigenvalue weighted by Crippen LogP contribution is -2.31. The van der Waals surface area contributed by atoms with E-state index in [4.69, 9.17) is 28.3 Å². The molecule has 0 unspecified atom stereocenters. The van der Waals surface area contributed by atoms with E-state index in [2.05, 4.69) is 0 Å². The van der Waals surface area contributed by atoms with Gasteiger partial charge in [-0.05, 0) is 12.2 Å². The number of ketones is 1. The molecule has 0 radical (unpaired) electrons. The molecule has 0 fully saturated rings. The molecule has 0 saturated carbocycles. The first-order valence-electron chi connectivity index (χ1n) is 3.60. The molecule has 0 amide bonds. The number of rotatable bonds is 2. The molecule has 0 aliphatic heterocycles. The van der Waals surface area contributed by atoms with Crippen LogP contribution < -0.4 is 0 Å². The highest BCUT2D eigenvalue weighted by Gasteiger charge is 2.32. The zero-order valence-electron chi connectivity index (χ0n) is 6.83. The average Bonchev–Trinajstić information content (AvgIpc) is 1.97. The van der Waals surface area contributed by atoms with Crippen LogP contribution in [0.15, 0.2) is 22.2 Å². The summed E-state index contributed by atoms with van der Waals surface area (Å²) in [6.45, 7) is 0. The number of Topliss-reactive ketones (excluding diaryl/α,β-unsaturated/α-hetero) is 1. The third kappa shape index (κ3) is 2.35. The van der Waals surface area contributed by atoms with Gasteiger partial charge in [-0.1, -0.05) is 23.2 Å². The number of hydrogen-bond acceptors (Lipinski definition) is 3. The molecular weight excluding hydrogens is 231 g/mol. The number of halogens is 2. The molecule has 2 N–H and O–H groups in total. The number of carbonyl (C=O) groups excluding carboxylic acids is 1. The molecule has 14 heavy (non-hydrogen) atoms. The van der Waals surface area contributed by atoms with E-state index in [1.165, 1.54) is 0 Å². The molecule has 1 rings (SSSR count). The minimum absolute atomic E-state index is 0.277. The lowest BCUT2D eigenvalue weighted by Gasteiger charge is -2.22. The number of allylic oxidation sites excluding steroid dienone is 2. The zero-order chi connectivity index (χ0) is 10.9. The smallest absolute Gasteiger partial charge is 0.306 e. The number of carboxylic acid groups (broad SMARTS) is 1. The number of carboxylic acids is 1. The maximum atomic E-state index is 11.0. The van der Waals surface area contributed by atoms with Crippen molar-refractivity contribution in [3.05, 3.63) is 22.2 Å². The molecule has 0 bridgehead atoms. The van der Waals surface area contributed by atoms with Crippen LogP contribution in [-0.4, -0.2) is 27.6 Å². The first-order chi connectivity index (χ1) is 6.34. The Bertz CT molecular complexity index is 334. The van der Waals surface area contributed by atoms with Crippen molar-refractivity contribution in [3.63, 3.8) is 0 Å². The first-order valence-corrected chi connectivity index (χ1v) is 4.35. The van der Waals surface area contributed by atoms with Gasteiger partial charge in [-0.2, -0.15) is 0 Å². The van der Waals surface area contributed by atoms with E-state index in [1.807, 2.05) is 0 Å². The molecule has 0 spiro atoms. The Kier molecular flexibility index (Phi) is 2.99. The van der Waals surface area contributed by atoms with Crippen LogP contribution in [0.4, 0.5) is 0 Å². The summed E-state index contributed by atoms with van der Waals surface area (Å²) in [5.74, 6) is -1.84. The fourth-order valence-corrected chi connectivity index (χ4v) is 1.70. The molecular formula is C8H6Cl2O4. The second kappa shape index (κ2) is 3.73. The van der Waals surface area contributed by atoms with Gasteiger partial charge in [-0.3, -0.25) is 9.59 Å². The van der Waals surface area contributed by atoms with Crippen molar-refractivity contribution in [1.29, 1.82) is 0 Å². The van der Waals surface area contributed by atoms with Gasteiger partial charge in [0.15, 0.2) is 0 Å². The number of aliphatic hydroxyl groups is 1. The van der Waals surface area contributed by atoms with E-state index in [0.717, 1.165) is 12.2 Å². The van der Waals surface area contributed by atoms with Crippen LogP contribution in [0, 0.1) is 0 Å². The maximum absolute atomic E-state index is 11.0. The molecule has 0 aromatic rings. The lowest BCUT2D eigenvalue weighted by atomic mass is 9.94. The number of hydrogen-bond donors (Lipinski definition) is 2. The summed E-state index contributed by atoms with van der Waals surface area (Å²) in [5, 5.41) is 17.6. The van der Waals surface area contributed by atoms with Gasteiger partial charge < -0.3 is 10.2 Å². The average molecular weight is 237 g/mol. The summed E-state index contributed by atoms with van der Waals surface area (Å²) in [5.41, 5.74) is -1.78. The van der Waals surface area contributed by atoms with Crippen molar-refractivity contribution in [2.75, 3.05) is 0 Å². The topological polar surface area (TPSA) is 74.6 Å². The Morgan fingerprint density at radius 2 is 1.79 bits per heavy atom. The largest absolute Gasteiger partial charge is 0.481 e. The highest BCUT2D eigenvalue weighted by Crippen LogP contribution is 2.29. The molecule has 0 heterocycles. The summed E-state index contributed by atoms with van der Waals surface area (Å²) in [6, 6.07) is 0. The summed E-state index contributed by atoms with van der Waals surface area (Å²) >= 11 is 10.9. The maximum Gasteiger partial charge on any atom is 0.306 e. The molecule has 76 valence electrons. The number of carbonyl (C=O) groups is 2. The minimum Gasteiger partial charge on any atom is -0.481 e. The summed E-state index contributed by atoms with van der Waals surface area (Å²) in [4.78, 5) is 21.4. The van der Waals surface area contributed by atoms with Crippen molar-refractivity contribution in [1.82, 2.24) is 0 Å². The van der Waals surface area contributed by atoms with Crippen LogP contribution in [0.25, 0.3) is 0 Å². The van der Waals surface area contributed by atoms with E-state index >= 15 is 0 Å². The molecule has 1 aliphatic rings. The Morgan fingerprint density at radius 3 is 2.14 bits per heavy atom. The van der Waals surface area contributed by atoms with Crippen molar-refractivity contribution in [2.45, 2.75) is 12.0 Å². The first kappa shape index (κ1) is 11.2. The normalized spacial score (nSPS) is 20.1. The molecule has 0 aromatic heterocycles. The van der Waals surface area contributed by atoms with E-state index < -0.39 is 23.8 Å². The van der Waals surface area contributed by atoms with Gasteiger partial charge in [0, 0.05) is 0 Å². The second-order valence-corrected chi connectivity index (χ2v) is 3.69. The van der Waals surface area contributed by atoms with E-state index in [1.54, 1.807) is 0 Å². The SMILES string of the molecule is O=C(O)CC1(O)C=C(Cl)C(=O)C(Cl)=C1. The van der Waals surface area contributed by atoms with Gasteiger partial charge in [-0.15, -0.1) is 0 Å². The molecule has 4 nitrogen and oxygen atoms in total. The summed E-state index contributed by atoms with van der Waals surface area (Å²) < 4.78 is 0. The molecule has 0 atom stereocenters. The Morgan fingerprint density at radius 1 is 1.36 bits per heavy atom. The summed E-state index contributed by atoms with van der Waals surface area (Å²) in [7, 11) is 0. The van der Waals surface area contributed by atoms with Gasteiger partial charge >= 0.3 is 5.97 Å². The van der Waals surface area contributed by atoms with Gasteiger partial charge in [0.25, 0.3) is 0 Å². The highest BCUT2D eigenvalue weighted by atomic mass is 35.5. The summed E-state index contributed by atoms with van der Waals surface area (Å²) in [6.07, 6.45) is 1.35. The predicted octanol–water partition coefficient (Wildman–Crippen LogP) is 1.02. The van der Waals surface area contributed by atoms with Crippen LogP contribution >= 0.6 is 23.2 Å². The molecule has 0 aromatic carbocycles. The van der Waals surface area contributed by atoms with Crippen LogP contribution in [-0.2, 0) is 9.59 Å². The van der Waals surface area contributed by atoms with Crippen LogP contribution in [0.1, 0.15) is 6.42 Å². The van der Waals surface area contributed by atoms with Gasteiger partial charge in [0.1, 0.15) is 5.60 Å². The lowest BCUT2D eigenvalue weighted by molar-refractivity contribution is -0.140. The van der Waals surface area contributed by atoms with Crippen molar-refractivity contribution in [2.24, 2.45) is 0 Å². The Balaban J connectivity index is 3.02. The highest BCUT2D eigenvalue weighted by molar-refractivity contribution is 6.55. The molecule has 6 heteroatoms. The predicted molar refractivity (Wildman–Crippen MR) is 50.1 cm³/mol. The van der Waals surface area contributed by atoms with E-state index in [0.29, 0.717) is 0 Å². The van der Waals surface area contributed by atoms with E-state index in [9.17, 15) is 14.7 Å². The fraction of sp³-hybridized carbons (Fsp3) is 0.250. The number of aliphatic carboxylic acids is 1. The standard InChI is InChI=1S/C8H6Cl2O4/c9-4-1-8(14,3-6(11)12)2-5(10)7(4)13/h1-2,14H,3H2,(H,11,12). The van der Waals surface area contributed by atoms with Gasteiger partial charge in [0.2, 0.25) is 5.78 Å². The fourth-order valence-electron chi connectivity index (χ4n) is 1.07. The van der Waals surface area contributed by atoms with Crippen LogP contribution in [0.3, 0.4) is 0 Å². The zero-order valence-corrected chi connectivity index (χ0v) is 8.34. The van der Waals surface area contributed by atoms with Crippen LogP contribution in [0.5, 0.6) is 0 Å². The Hall–Kier alpha value is -0.840. The quantitative estimate of drug-likeness (QED) is 0.751.